The van der Waals surface area contributed by atoms with Crippen LogP contribution in [0.2, 0.25) is 0 Å². The van der Waals surface area contributed by atoms with Crippen molar-refractivity contribution in [2.24, 2.45) is 17.8 Å². The summed E-state index contributed by atoms with van der Waals surface area (Å²) in [5, 5.41) is 2.90. The predicted octanol–water partition coefficient (Wildman–Crippen LogP) is 0.870. The molecule has 1 aromatic heterocycles. The summed E-state index contributed by atoms with van der Waals surface area (Å²) in [5.41, 5.74) is 0.192. The summed E-state index contributed by atoms with van der Waals surface area (Å²) < 4.78 is 6.09. The van der Waals surface area contributed by atoms with Crippen molar-refractivity contribution in [2.45, 2.75) is 31.8 Å². The maximum Gasteiger partial charge on any atom is 0.271 e. The Labute approximate surface area is 147 Å². The first-order chi connectivity index (χ1) is 12.1. The molecule has 3 fully saturated rings. The van der Waals surface area contributed by atoms with Gasteiger partial charge in [-0.05, 0) is 31.1 Å². The Hall–Kier alpha value is -2.02. The van der Waals surface area contributed by atoms with Crippen molar-refractivity contribution in [3.63, 3.8) is 0 Å². The largest absolute Gasteiger partial charge is 0.371 e. The Balaban J connectivity index is 1.19. The molecule has 3 heterocycles. The molecule has 3 atom stereocenters. The molecule has 1 saturated carbocycles. The molecule has 4 rings (SSSR count). The molecule has 2 saturated heterocycles. The summed E-state index contributed by atoms with van der Waals surface area (Å²) in [4.78, 5) is 34.1. The van der Waals surface area contributed by atoms with E-state index in [0.29, 0.717) is 36.6 Å². The minimum absolute atomic E-state index is 0.140. The minimum atomic E-state index is -0.202. The highest BCUT2D eigenvalue weighted by molar-refractivity contribution is 5.91. The van der Waals surface area contributed by atoms with Gasteiger partial charge in [-0.25, -0.2) is 4.98 Å². The zero-order valence-corrected chi connectivity index (χ0v) is 14.5. The van der Waals surface area contributed by atoms with Crippen molar-refractivity contribution >= 4 is 11.8 Å². The lowest BCUT2D eigenvalue weighted by molar-refractivity contribution is -0.189. The lowest BCUT2D eigenvalue weighted by Gasteiger charge is -2.53. The van der Waals surface area contributed by atoms with Crippen LogP contribution < -0.4 is 5.32 Å². The van der Waals surface area contributed by atoms with Crippen LogP contribution >= 0.6 is 0 Å². The highest BCUT2D eigenvalue weighted by Crippen LogP contribution is 2.43. The number of hydrogen-bond donors (Lipinski definition) is 1. The van der Waals surface area contributed by atoms with E-state index < -0.39 is 0 Å². The monoisotopic (exact) mass is 344 g/mol. The Morgan fingerprint density at radius 2 is 2.20 bits per heavy atom. The van der Waals surface area contributed by atoms with Gasteiger partial charge in [-0.1, -0.05) is 6.92 Å². The first kappa shape index (κ1) is 16.4. The molecule has 2 aliphatic heterocycles. The Kier molecular flexibility index (Phi) is 4.19. The summed E-state index contributed by atoms with van der Waals surface area (Å²) >= 11 is 0. The zero-order valence-electron chi connectivity index (χ0n) is 14.5. The van der Waals surface area contributed by atoms with E-state index in [4.69, 9.17) is 4.74 Å². The van der Waals surface area contributed by atoms with E-state index in [2.05, 4.69) is 22.2 Å². The third kappa shape index (κ3) is 3.38. The van der Waals surface area contributed by atoms with Gasteiger partial charge in [0.15, 0.2) is 0 Å². The van der Waals surface area contributed by atoms with Crippen LogP contribution in [0, 0.1) is 17.8 Å². The van der Waals surface area contributed by atoms with E-state index in [9.17, 15) is 9.59 Å². The van der Waals surface area contributed by atoms with Gasteiger partial charge in [-0.3, -0.25) is 14.6 Å². The Bertz CT molecular complexity index is 650. The molecule has 0 radical (unpaired) electrons. The third-order valence-corrected chi connectivity index (χ3v) is 5.68. The number of likely N-dealkylation sites (tertiary alicyclic amines) is 1. The average Bonchev–Trinajstić information content (AvgIpc) is 3.35. The van der Waals surface area contributed by atoms with Crippen LogP contribution in [0.1, 0.15) is 36.7 Å². The number of rotatable bonds is 4. The van der Waals surface area contributed by atoms with Crippen molar-refractivity contribution in [1.29, 1.82) is 0 Å². The van der Waals surface area contributed by atoms with E-state index in [0.717, 1.165) is 32.4 Å². The number of ether oxygens (including phenoxy) is 1. The summed E-state index contributed by atoms with van der Waals surface area (Å²) in [6.07, 6.45) is 7.50. The highest BCUT2D eigenvalue weighted by Gasteiger charge is 2.52. The van der Waals surface area contributed by atoms with E-state index in [-0.39, 0.29) is 17.4 Å². The maximum atomic E-state index is 12.2. The van der Waals surface area contributed by atoms with Gasteiger partial charge in [0.25, 0.3) is 5.91 Å². The van der Waals surface area contributed by atoms with Crippen molar-refractivity contribution in [3.05, 3.63) is 24.3 Å². The fourth-order valence-electron chi connectivity index (χ4n) is 3.78. The highest BCUT2D eigenvalue weighted by atomic mass is 16.5. The fourth-order valence-corrected chi connectivity index (χ4v) is 3.78. The van der Waals surface area contributed by atoms with Crippen LogP contribution in [0.3, 0.4) is 0 Å². The number of amides is 2. The van der Waals surface area contributed by atoms with E-state index in [1.165, 1.54) is 12.4 Å². The van der Waals surface area contributed by atoms with Crippen molar-refractivity contribution in [1.82, 2.24) is 20.2 Å². The standard InChI is InChI=1S/C18H24N4O3/c1-12-6-14(12)17(24)22-10-18(11-22)3-2-13(9-25-18)7-21-16(23)15-8-19-4-5-20-15/h4-5,8,12-14H,2-3,6-7,9-11H2,1H3,(H,21,23). The minimum Gasteiger partial charge on any atom is -0.371 e. The van der Waals surface area contributed by atoms with Gasteiger partial charge in [0.2, 0.25) is 5.91 Å². The van der Waals surface area contributed by atoms with Crippen molar-refractivity contribution < 1.29 is 14.3 Å². The average molecular weight is 344 g/mol. The van der Waals surface area contributed by atoms with Crippen LogP contribution in [0.4, 0.5) is 0 Å². The fraction of sp³-hybridized carbons (Fsp3) is 0.667. The van der Waals surface area contributed by atoms with Crippen molar-refractivity contribution in [3.8, 4) is 0 Å². The molecule has 1 spiro atoms. The lowest BCUT2D eigenvalue weighted by atomic mass is 9.82. The zero-order chi connectivity index (χ0) is 17.4. The normalized spacial score (nSPS) is 29.8. The molecule has 3 aliphatic rings. The lowest BCUT2D eigenvalue weighted by Crippen LogP contribution is -2.66. The van der Waals surface area contributed by atoms with Crippen molar-refractivity contribution in [2.75, 3.05) is 26.2 Å². The van der Waals surface area contributed by atoms with Crippen LogP contribution in [0.15, 0.2) is 18.6 Å². The quantitative estimate of drug-likeness (QED) is 0.876. The molecule has 3 unspecified atom stereocenters. The number of aromatic nitrogens is 2. The summed E-state index contributed by atoms with van der Waals surface area (Å²) in [5.74, 6) is 1.22. The molecule has 7 nitrogen and oxygen atoms in total. The molecule has 2 amide bonds. The molecule has 1 aromatic rings. The van der Waals surface area contributed by atoms with E-state index >= 15 is 0 Å². The van der Waals surface area contributed by atoms with E-state index in [1.807, 2.05) is 4.90 Å². The number of hydrogen-bond acceptors (Lipinski definition) is 5. The topological polar surface area (TPSA) is 84.4 Å². The predicted molar refractivity (Wildman–Crippen MR) is 89.6 cm³/mol. The molecular weight excluding hydrogens is 320 g/mol. The number of nitrogens with zero attached hydrogens (tertiary/aromatic N) is 3. The SMILES string of the molecule is CC1CC1C(=O)N1CC2(CCC(CNC(=O)c3cnccn3)CO2)C1. The van der Waals surface area contributed by atoms with Gasteiger partial charge in [-0.15, -0.1) is 0 Å². The first-order valence-corrected chi connectivity index (χ1v) is 9.03. The first-order valence-electron chi connectivity index (χ1n) is 9.03. The summed E-state index contributed by atoms with van der Waals surface area (Å²) in [7, 11) is 0. The molecule has 1 aliphatic carbocycles. The van der Waals surface area contributed by atoms with Gasteiger partial charge in [0, 0.05) is 24.9 Å². The smallest absolute Gasteiger partial charge is 0.271 e. The second-order valence-corrected chi connectivity index (χ2v) is 7.71. The molecule has 0 aromatic carbocycles. The van der Waals surface area contributed by atoms with E-state index in [1.54, 1.807) is 6.20 Å². The second-order valence-electron chi connectivity index (χ2n) is 7.71. The Morgan fingerprint density at radius 3 is 2.80 bits per heavy atom. The molecule has 7 heteroatoms. The van der Waals surface area contributed by atoms with Crippen LogP contribution in [-0.4, -0.2) is 58.5 Å². The molecular formula is C18H24N4O3. The maximum absolute atomic E-state index is 12.2. The van der Waals surface area contributed by atoms with Gasteiger partial charge < -0.3 is 15.0 Å². The number of carbonyl (C=O) groups is 2. The van der Waals surface area contributed by atoms with Gasteiger partial charge >= 0.3 is 0 Å². The van der Waals surface area contributed by atoms with Gasteiger partial charge in [0.1, 0.15) is 11.3 Å². The second kappa shape index (κ2) is 6.37. The number of nitrogens with one attached hydrogen (secondary N) is 1. The Morgan fingerprint density at radius 1 is 1.40 bits per heavy atom. The molecule has 134 valence electrons. The van der Waals surface area contributed by atoms with Crippen LogP contribution in [0.5, 0.6) is 0 Å². The molecule has 1 N–H and O–H groups in total. The number of carbonyl (C=O) groups excluding carboxylic acids is 2. The molecule has 25 heavy (non-hydrogen) atoms. The summed E-state index contributed by atoms with van der Waals surface area (Å²) in [6.45, 7) is 4.80. The van der Waals surface area contributed by atoms with Crippen LogP contribution in [0.25, 0.3) is 0 Å². The van der Waals surface area contributed by atoms with Gasteiger partial charge in [0.05, 0.1) is 25.9 Å². The summed E-state index contributed by atoms with van der Waals surface area (Å²) in [6, 6.07) is 0. The van der Waals surface area contributed by atoms with Crippen LogP contribution in [-0.2, 0) is 9.53 Å². The molecule has 0 bridgehead atoms. The van der Waals surface area contributed by atoms with Gasteiger partial charge in [-0.2, -0.15) is 0 Å². The third-order valence-electron chi connectivity index (χ3n) is 5.68.